The fraction of sp³-hybridized carbons (Fsp3) is 0.235. The lowest BCUT2D eigenvalue weighted by Gasteiger charge is -2.30. The first-order valence-corrected chi connectivity index (χ1v) is 8.14. The van der Waals surface area contributed by atoms with E-state index in [9.17, 15) is 4.79 Å². The average Bonchev–Trinajstić information content (AvgIpc) is 2.53. The van der Waals surface area contributed by atoms with E-state index in [2.05, 4.69) is 15.3 Å². The van der Waals surface area contributed by atoms with Crippen LogP contribution in [0.4, 0.5) is 17.6 Å². The van der Waals surface area contributed by atoms with Crippen molar-refractivity contribution < 1.29 is 9.53 Å². The van der Waals surface area contributed by atoms with Crippen LogP contribution in [-0.4, -0.2) is 22.5 Å². The first-order chi connectivity index (χ1) is 11.9. The summed E-state index contributed by atoms with van der Waals surface area (Å²) in [6.07, 6.45) is 0. The van der Waals surface area contributed by atoms with Crippen molar-refractivity contribution in [1.82, 2.24) is 9.97 Å². The number of nitrogens with zero attached hydrogens (tertiary/aromatic N) is 2. The molecule has 0 amide bonds. The zero-order valence-electron chi connectivity index (χ0n) is 13.8. The van der Waals surface area contributed by atoms with Crippen LogP contribution in [0.1, 0.15) is 30.9 Å². The Morgan fingerprint density at radius 2 is 2.04 bits per heavy atom. The first kappa shape index (κ1) is 17.0. The number of nitrogens with one attached hydrogen (secondary N) is 1. The molecule has 130 valence electrons. The van der Waals surface area contributed by atoms with Crippen LogP contribution in [0.2, 0.25) is 5.02 Å². The molecule has 5 N–H and O–H groups in total. The summed E-state index contributed by atoms with van der Waals surface area (Å²) in [7, 11) is 0. The minimum atomic E-state index is -0.551. The average molecular weight is 360 g/mol. The fourth-order valence-electron chi connectivity index (χ4n) is 2.99. The van der Waals surface area contributed by atoms with Crippen LogP contribution in [0.15, 0.2) is 35.5 Å². The van der Waals surface area contributed by atoms with E-state index in [4.69, 9.17) is 27.8 Å². The van der Waals surface area contributed by atoms with Crippen molar-refractivity contribution in [2.45, 2.75) is 19.8 Å². The van der Waals surface area contributed by atoms with Crippen LogP contribution in [-0.2, 0) is 9.53 Å². The molecule has 1 aromatic carbocycles. The van der Waals surface area contributed by atoms with Gasteiger partial charge in [0.1, 0.15) is 11.6 Å². The molecule has 8 heteroatoms. The number of carbonyl (C=O) groups excluding carboxylic acids is 1. The molecular weight excluding hydrogens is 342 g/mol. The highest BCUT2D eigenvalue weighted by Crippen LogP contribution is 2.45. The quantitative estimate of drug-likeness (QED) is 0.721. The maximum absolute atomic E-state index is 12.6. The standard InChI is InChI=1S/C17H18ClN5O2/c1-3-25-16(24)11-8(2)21-15-13(14(19)22-17(20)23-15)12(11)9-6-4-5-7-10(9)18/h4-7,12H,3H2,1-2H3,(H5,19,20,21,22,23). The Balaban J connectivity index is 2.28. The van der Waals surface area contributed by atoms with E-state index in [1.165, 1.54) is 0 Å². The van der Waals surface area contributed by atoms with Gasteiger partial charge in [0.05, 0.1) is 18.1 Å². The lowest BCUT2D eigenvalue weighted by atomic mass is 9.82. The maximum Gasteiger partial charge on any atom is 0.336 e. The van der Waals surface area contributed by atoms with Gasteiger partial charge in [-0.25, -0.2) is 4.79 Å². The summed E-state index contributed by atoms with van der Waals surface area (Å²) in [5.74, 6) is -0.298. The molecular formula is C17H18ClN5O2. The zero-order chi connectivity index (χ0) is 18.1. The molecule has 1 aromatic heterocycles. The van der Waals surface area contributed by atoms with Gasteiger partial charge in [0.25, 0.3) is 0 Å². The highest BCUT2D eigenvalue weighted by Gasteiger charge is 2.37. The lowest BCUT2D eigenvalue weighted by molar-refractivity contribution is -0.138. The van der Waals surface area contributed by atoms with Crippen molar-refractivity contribution in [2.75, 3.05) is 23.4 Å². The minimum absolute atomic E-state index is 0.0500. The van der Waals surface area contributed by atoms with Crippen LogP contribution >= 0.6 is 11.6 Å². The number of benzene rings is 1. The van der Waals surface area contributed by atoms with Crippen molar-refractivity contribution in [2.24, 2.45) is 0 Å². The number of hydrogen-bond donors (Lipinski definition) is 3. The molecule has 0 radical (unpaired) electrons. The number of esters is 1. The second kappa shape index (κ2) is 6.60. The Bertz CT molecular complexity index is 881. The molecule has 1 aliphatic heterocycles. The number of aromatic nitrogens is 2. The number of hydrogen-bond acceptors (Lipinski definition) is 7. The van der Waals surface area contributed by atoms with Crippen LogP contribution in [0, 0.1) is 0 Å². The molecule has 0 aliphatic carbocycles. The van der Waals surface area contributed by atoms with E-state index in [1.807, 2.05) is 18.2 Å². The predicted octanol–water partition coefficient (Wildman–Crippen LogP) is 2.69. The van der Waals surface area contributed by atoms with Gasteiger partial charge in [-0.2, -0.15) is 9.97 Å². The molecule has 1 atom stereocenters. The van der Waals surface area contributed by atoms with Gasteiger partial charge in [-0.05, 0) is 25.5 Å². The summed E-state index contributed by atoms with van der Waals surface area (Å²) in [6.45, 7) is 3.78. The highest BCUT2D eigenvalue weighted by molar-refractivity contribution is 6.31. The summed E-state index contributed by atoms with van der Waals surface area (Å²) in [6, 6.07) is 7.25. The molecule has 0 saturated carbocycles. The summed E-state index contributed by atoms with van der Waals surface area (Å²) in [5, 5.41) is 3.58. The van der Waals surface area contributed by atoms with E-state index < -0.39 is 11.9 Å². The molecule has 0 saturated heterocycles. The van der Waals surface area contributed by atoms with E-state index in [0.29, 0.717) is 27.7 Å². The normalized spacial score (nSPS) is 16.2. The van der Waals surface area contributed by atoms with E-state index in [-0.39, 0.29) is 18.4 Å². The van der Waals surface area contributed by atoms with Gasteiger partial charge >= 0.3 is 5.97 Å². The highest BCUT2D eigenvalue weighted by atomic mass is 35.5. The second-order valence-corrected chi connectivity index (χ2v) is 5.98. The Hall–Kier alpha value is -2.80. The van der Waals surface area contributed by atoms with Crippen molar-refractivity contribution in [3.63, 3.8) is 0 Å². The summed E-state index contributed by atoms with van der Waals surface area (Å²) in [5.41, 5.74) is 14.1. The van der Waals surface area contributed by atoms with Gasteiger partial charge in [-0.3, -0.25) is 0 Å². The number of ether oxygens (including phenoxy) is 1. The monoisotopic (exact) mass is 359 g/mol. The molecule has 1 aliphatic rings. The molecule has 3 rings (SSSR count). The number of nitrogens with two attached hydrogens (primary N) is 2. The molecule has 2 heterocycles. The van der Waals surface area contributed by atoms with Crippen LogP contribution in [0.3, 0.4) is 0 Å². The topological polar surface area (TPSA) is 116 Å². The molecule has 0 fully saturated rings. The van der Waals surface area contributed by atoms with Crippen molar-refractivity contribution >= 4 is 35.2 Å². The first-order valence-electron chi connectivity index (χ1n) is 7.76. The molecule has 0 spiro atoms. The second-order valence-electron chi connectivity index (χ2n) is 5.57. The number of anilines is 3. The lowest BCUT2D eigenvalue weighted by Crippen LogP contribution is -2.27. The third-order valence-corrected chi connectivity index (χ3v) is 4.34. The molecule has 1 unspecified atom stereocenters. The molecule has 7 nitrogen and oxygen atoms in total. The van der Waals surface area contributed by atoms with Gasteiger partial charge in [0.2, 0.25) is 5.95 Å². The smallest absolute Gasteiger partial charge is 0.336 e. The third-order valence-electron chi connectivity index (χ3n) is 3.99. The number of rotatable bonds is 3. The van der Waals surface area contributed by atoms with Gasteiger partial charge in [-0.1, -0.05) is 29.8 Å². The van der Waals surface area contributed by atoms with Gasteiger partial charge < -0.3 is 21.5 Å². The number of nitrogen functional groups attached to an aromatic ring is 2. The number of halogens is 1. The Morgan fingerprint density at radius 1 is 1.32 bits per heavy atom. The fourth-order valence-corrected chi connectivity index (χ4v) is 3.24. The summed E-state index contributed by atoms with van der Waals surface area (Å²) < 4.78 is 5.24. The van der Waals surface area contributed by atoms with Crippen molar-refractivity contribution in [3.8, 4) is 0 Å². The van der Waals surface area contributed by atoms with E-state index >= 15 is 0 Å². The SMILES string of the molecule is CCOC(=O)C1=C(C)Nc2nc(N)nc(N)c2C1c1ccccc1Cl. The minimum Gasteiger partial charge on any atom is -0.463 e. The Labute approximate surface area is 150 Å². The number of fused-ring (bicyclic) bond motifs is 1. The van der Waals surface area contributed by atoms with Crippen LogP contribution in [0.5, 0.6) is 0 Å². The maximum atomic E-state index is 12.6. The van der Waals surface area contributed by atoms with Gasteiger partial charge in [0.15, 0.2) is 0 Å². The molecule has 2 aromatic rings. The number of allylic oxidation sites excluding steroid dienone is 1. The summed E-state index contributed by atoms with van der Waals surface area (Å²) >= 11 is 6.40. The van der Waals surface area contributed by atoms with Crippen molar-refractivity contribution in [3.05, 3.63) is 51.7 Å². The van der Waals surface area contributed by atoms with Gasteiger partial charge in [-0.15, -0.1) is 0 Å². The van der Waals surface area contributed by atoms with Gasteiger partial charge in [0, 0.05) is 16.3 Å². The molecule has 25 heavy (non-hydrogen) atoms. The van der Waals surface area contributed by atoms with Crippen LogP contribution < -0.4 is 16.8 Å². The van der Waals surface area contributed by atoms with Crippen LogP contribution in [0.25, 0.3) is 0 Å². The summed E-state index contributed by atoms with van der Waals surface area (Å²) in [4.78, 5) is 20.9. The predicted molar refractivity (Wildman–Crippen MR) is 97.1 cm³/mol. The zero-order valence-corrected chi connectivity index (χ0v) is 14.6. The Kier molecular flexibility index (Phi) is 4.50. The van der Waals surface area contributed by atoms with Crippen molar-refractivity contribution in [1.29, 1.82) is 0 Å². The Morgan fingerprint density at radius 3 is 2.72 bits per heavy atom. The number of carbonyl (C=O) groups is 1. The third kappa shape index (κ3) is 2.98. The van der Waals surface area contributed by atoms with E-state index in [0.717, 1.165) is 5.56 Å². The van der Waals surface area contributed by atoms with E-state index in [1.54, 1.807) is 19.9 Å². The molecule has 0 bridgehead atoms. The largest absolute Gasteiger partial charge is 0.463 e.